The smallest absolute Gasteiger partial charge is 0.267 e. The molecule has 6 rings (SSSR count). The van der Waals surface area contributed by atoms with Crippen molar-refractivity contribution in [3.63, 3.8) is 0 Å². The first-order valence-electron chi connectivity index (χ1n) is 12.0. The molecule has 1 aliphatic heterocycles. The molecular formula is C32H24N2OS. The van der Waals surface area contributed by atoms with Gasteiger partial charge in [-0.15, -0.1) is 0 Å². The predicted molar refractivity (Wildman–Crippen MR) is 152 cm³/mol. The maximum absolute atomic E-state index is 13.8. The molecule has 36 heavy (non-hydrogen) atoms. The van der Waals surface area contributed by atoms with E-state index in [2.05, 4.69) is 72.8 Å². The van der Waals surface area contributed by atoms with Gasteiger partial charge in [-0.3, -0.25) is 14.7 Å². The zero-order valence-corrected chi connectivity index (χ0v) is 20.5. The molecule has 1 amide bonds. The number of rotatable bonds is 5. The van der Waals surface area contributed by atoms with Gasteiger partial charge in [-0.1, -0.05) is 109 Å². The summed E-state index contributed by atoms with van der Waals surface area (Å²) in [4.78, 5) is 21.1. The van der Waals surface area contributed by atoms with Crippen LogP contribution in [0.2, 0.25) is 0 Å². The standard InChI is InChI=1S/C32H24N2OS/c35-31-30(20-29-27-17-9-7-15-25(27)19-26-16-8-10-18-28(26)29)36-32(33-21-23-11-3-1-4-12-23)34(31)22-24-13-5-2-6-14-24/h1-20H,21-22H2. The molecule has 3 nitrogen and oxygen atoms in total. The summed E-state index contributed by atoms with van der Waals surface area (Å²) in [7, 11) is 0. The number of nitrogens with zero attached hydrogens (tertiary/aromatic N) is 2. The molecule has 0 aromatic heterocycles. The van der Waals surface area contributed by atoms with Crippen LogP contribution in [0, 0.1) is 0 Å². The number of carbonyl (C=O) groups excluding carboxylic acids is 1. The molecule has 0 saturated carbocycles. The first kappa shape index (κ1) is 22.3. The summed E-state index contributed by atoms with van der Waals surface area (Å²) in [6.45, 7) is 1.03. The van der Waals surface area contributed by atoms with Crippen LogP contribution < -0.4 is 0 Å². The average molecular weight is 485 g/mol. The number of hydrogen-bond donors (Lipinski definition) is 0. The predicted octanol–water partition coefficient (Wildman–Crippen LogP) is 7.67. The number of aliphatic imine (C=N–C) groups is 1. The third-order valence-electron chi connectivity index (χ3n) is 6.40. The van der Waals surface area contributed by atoms with Crippen molar-refractivity contribution < 1.29 is 4.79 Å². The molecule has 5 aromatic rings. The van der Waals surface area contributed by atoms with Crippen molar-refractivity contribution in [1.29, 1.82) is 0 Å². The molecule has 0 spiro atoms. The van der Waals surface area contributed by atoms with Crippen molar-refractivity contribution in [2.45, 2.75) is 13.1 Å². The molecule has 0 radical (unpaired) electrons. The monoisotopic (exact) mass is 484 g/mol. The van der Waals surface area contributed by atoms with E-state index in [4.69, 9.17) is 4.99 Å². The van der Waals surface area contributed by atoms with E-state index < -0.39 is 0 Å². The Morgan fingerprint density at radius 2 is 1.25 bits per heavy atom. The van der Waals surface area contributed by atoms with Crippen LogP contribution >= 0.6 is 11.8 Å². The topological polar surface area (TPSA) is 32.7 Å². The Kier molecular flexibility index (Phi) is 6.10. The lowest BCUT2D eigenvalue weighted by molar-refractivity contribution is -0.122. The first-order valence-corrected chi connectivity index (χ1v) is 12.8. The molecule has 1 saturated heterocycles. The summed E-state index contributed by atoms with van der Waals surface area (Å²) in [5, 5.41) is 5.35. The maximum Gasteiger partial charge on any atom is 0.267 e. The van der Waals surface area contributed by atoms with Gasteiger partial charge in [0.15, 0.2) is 5.17 Å². The van der Waals surface area contributed by atoms with E-state index in [0.29, 0.717) is 18.0 Å². The lowest BCUT2D eigenvalue weighted by atomic mass is 9.96. The minimum Gasteiger partial charge on any atom is -0.282 e. The number of hydrogen-bond acceptors (Lipinski definition) is 3. The summed E-state index contributed by atoms with van der Waals surface area (Å²) in [5.41, 5.74) is 3.27. The minimum absolute atomic E-state index is 0.00678. The van der Waals surface area contributed by atoms with Gasteiger partial charge in [0, 0.05) is 0 Å². The van der Waals surface area contributed by atoms with Gasteiger partial charge in [0.2, 0.25) is 0 Å². The number of amides is 1. The van der Waals surface area contributed by atoms with Crippen LogP contribution in [0.4, 0.5) is 0 Å². The molecule has 5 aromatic carbocycles. The highest BCUT2D eigenvalue weighted by Gasteiger charge is 2.33. The second-order valence-electron chi connectivity index (χ2n) is 8.80. The zero-order valence-electron chi connectivity index (χ0n) is 19.7. The van der Waals surface area contributed by atoms with Crippen molar-refractivity contribution in [3.8, 4) is 0 Å². The number of benzene rings is 5. The summed E-state index contributed by atoms with van der Waals surface area (Å²) < 4.78 is 0. The minimum atomic E-state index is -0.00678. The van der Waals surface area contributed by atoms with E-state index >= 15 is 0 Å². The third kappa shape index (κ3) is 4.43. The van der Waals surface area contributed by atoms with Crippen molar-refractivity contribution in [3.05, 3.63) is 137 Å². The van der Waals surface area contributed by atoms with E-state index in [0.717, 1.165) is 43.4 Å². The van der Waals surface area contributed by atoms with Crippen LogP contribution in [0.5, 0.6) is 0 Å². The second kappa shape index (κ2) is 9.84. The molecule has 4 heteroatoms. The molecule has 0 bridgehead atoms. The summed E-state index contributed by atoms with van der Waals surface area (Å²) in [6, 6.07) is 39.2. The number of amidine groups is 1. The molecule has 0 N–H and O–H groups in total. The SMILES string of the molecule is O=C1C(=Cc2c3ccccc3cc3ccccc23)SC(=NCc2ccccc2)N1Cc1ccccc1. The van der Waals surface area contributed by atoms with E-state index in [1.807, 2.05) is 53.4 Å². The Balaban J connectivity index is 1.44. The normalized spacial score (nSPS) is 16.0. The van der Waals surface area contributed by atoms with Gasteiger partial charge in [0.05, 0.1) is 18.0 Å². The Hall–Kier alpha value is -4.15. The number of fused-ring (bicyclic) bond motifs is 2. The number of carbonyl (C=O) groups is 1. The summed E-state index contributed by atoms with van der Waals surface area (Å²) >= 11 is 1.46. The molecular weight excluding hydrogens is 460 g/mol. The lowest BCUT2D eigenvalue weighted by Gasteiger charge is -2.15. The maximum atomic E-state index is 13.8. The Morgan fingerprint density at radius 3 is 1.89 bits per heavy atom. The Labute approximate surface area is 214 Å². The molecule has 1 aliphatic rings. The Morgan fingerprint density at radius 1 is 0.694 bits per heavy atom. The van der Waals surface area contributed by atoms with Crippen LogP contribution in [-0.4, -0.2) is 16.0 Å². The molecule has 0 aliphatic carbocycles. The van der Waals surface area contributed by atoms with Crippen molar-refractivity contribution in [2.24, 2.45) is 4.99 Å². The highest BCUT2D eigenvalue weighted by molar-refractivity contribution is 8.18. The van der Waals surface area contributed by atoms with E-state index in [9.17, 15) is 4.79 Å². The largest absolute Gasteiger partial charge is 0.282 e. The van der Waals surface area contributed by atoms with Crippen LogP contribution in [0.1, 0.15) is 16.7 Å². The molecule has 1 fully saturated rings. The van der Waals surface area contributed by atoms with Crippen LogP contribution in [0.3, 0.4) is 0 Å². The molecule has 0 unspecified atom stereocenters. The fourth-order valence-corrected chi connectivity index (χ4v) is 5.57. The molecule has 174 valence electrons. The van der Waals surface area contributed by atoms with E-state index in [-0.39, 0.29) is 5.91 Å². The molecule has 1 heterocycles. The van der Waals surface area contributed by atoms with E-state index in [1.165, 1.54) is 11.8 Å². The van der Waals surface area contributed by atoms with Gasteiger partial charge in [-0.2, -0.15) is 0 Å². The van der Waals surface area contributed by atoms with Crippen molar-refractivity contribution in [1.82, 2.24) is 4.90 Å². The first-order chi connectivity index (χ1) is 17.8. The lowest BCUT2D eigenvalue weighted by Crippen LogP contribution is -2.28. The Bertz CT molecular complexity index is 1570. The summed E-state index contributed by atoms with van der Waals surface area (Å²) in [5.74, 6) is -0.00678. The van der Waals surface area contributed by atoms with Gasteiger partial charge in [0.1, 0.15) is 0 Å². The van der Waals surface area contributed by atoms with Crippen LogP contribution in [-0.2, 0) is 17.9 Å². The second-order valence-corrected chi connectivity index (χ2v) is 9.81. The van der Waals surface area contributed by atoms with Crippen LogP contribution in [0.15, 0.2) is 125 Å². The van der Waals surface area contributed by atoms with E-state index in [1.54, 1.807) is 0 Å². The highest BCUT2D eigenvalue weighted by atomic mass is 32.2. The molecule has 0 atom stereocenters. The van der Waals surface area contributed by atoms with Gasteiger partial charge in [-0.25, -0.2) is 0 Å². The van der Waals surface area contributed by atoms with Gasteiger partial charge >= 0.3 is 0 Å². The van der Waals surface area contributed by atoms with Crippen molar-refractivity contribution in [2.75, 3.05) is 0 Å². The fraction of sp³-hybridized carbons (Fsp3) is 0.0625. The third-order valence-corrected chi connectivity index (χ3v) is 7.44. The average Bonchev–Trinajstić information content (AvgIpc) is 3.22. The fourth-order valence-electron chi connectivity index (χ4n) is 4.61. The van der Waals surface area contributed by atoms with Crippen molar-refractivity contribution >= 4 is 50.5 Å². The highest BCUT2D eigenvalue weighted by Crippen LogP contribution is 2.37. The van der Waals surface area contributed by atoms with Gasteiger partial charge in [-0.05, 0) is 62.1 Å². The number of thioether (sulfide) groups is 1. The van der Waals surface area contributed by atoms with Gasteiger partial charge in [0.25, 0.3) is 5.91 Å². The summed E-state index contributed by atoms with van der Waals surface area (Å²) in [6.07, 6.45) is 2.06. The quantitative estimate of drug-likeness (QED) is 0.189. The zero-order chi connectivity index (χ0) is 24.3. The van der Waals surface area contributed by atoms with Crippen LogP contribution in [0.25, 0.3) is 27.6 Å². The van der Waals surface area contributed by atoms with Gasteiger partial charge < -0.3 is 0 Å².